The van der Waals surface area contributed by atoms with Gasteiger partial charge < -0.3 is 9.64 Å². The predicted molar refractivity (Wildman–Crippen MR) is 70.1 cm³/mol. The van der Waals surface area contributed by atoms with E-state index in [9.17, 15) is 19.7 Å². The minimum atomic E-state index is -0.810. The smallest absolute Gasteiger partial charge is 0.318 e. The molecular formula is C13H14N2O5. The summed E-state index contributed by atoms with van der Waals surface area (Å²) in [6.07, 6.45) is 0. The van der Waals surface area contributed by atoms with Gasteiger partial charge in [-0.15, -0.1) is 0 Å². The molecule has 1 aromatic rings. The Morgan fingerprint density at radius 3 is 2.50 bits per heavy atom. The average Bonchev–Trinajstić information content (AvgIpc) is 2.73. The number of hydrogen-bond donors (Lipinski definition) is 0. The van der Waals surface area contributed by atoms with Crippen LogP contribution in [0.4, 0.5) is 11.4 Å². The molecule has 7 heteroatoms. The number of amides is 1. The van der Waals surface area contributed by atoms with Crippen molar-refractivity contribution >= 4 is 23.3 Å². The third-order valence-corrected chi connectivity index (χ3v) is 3.40. The number of rotatable bonds is 3. The molecule has 2 rings (SSSR count). The highest BCUT2D eigenvalue weighted by molar-refractivity contribution is 6.08. The van der Waals surface area contributed by atoms with Crippen molar-refractivity contribution in [3.05, 3.63) is 34.4 Å². The summed E-state index contributed by atoms with van der Waals surface area (Å²) in [4.78, 5) is 35.4. The Balaban J connectivity index is 2.24. The Morgan fingerprint density at radius 2 is 2.00 bits per heavy atom. The second-order valence-corrected chi connectivity index (χ2v) is 4.70. The lowest BCUT2D eigenvalue weighted by Crippen LogP contribution is -2.31. The number of nitro groups is 1. The first kappa shape index (κ1) is 14.0. The normalized spacial score (nSPS) is 21.9. The van der Waals surface area contributed by atoms with Crippen molar-refractivity contribution in [2.45, 2.75) is 6.92 Å². The van der Waals surface area contributed by atoms with Crippen LogP contribution in [0.25, 0.3) is 0 Å². The molecule has 1 amide bonds. The number of non-ortho nitro benzene ring substituents is 1. The molecule has 0 aliphatic carbocycles. The molecule has 1 fully saturated rings. The largest absolute Gasteiger partial charge is 0.468 e. The number of nitrogens with zero attached hydrogens (tertiary/aromatic N) is 2. The molecule has 1 aliphatic rings. The quantitative estimate of drug-likeness (QED) is 0.360. The van der Waals surface area contributed by atoms with Crippen LogP contribution in [0.3, 0.4) is 0 Å². The first-order valence-corrected chi connectivity index (χ1v) is 6.09. The molecule has 20 heavy (non-hydrogen) atoms. The summed E-state index contributed by atoms with van der Waals surface area (Å²) in [7, 11) is 1.25. The standard InChI is InChI=1S/C13H14N2O5/c1-8-7-14(12(16)11(8)13(17)20-2)9-3-5-10(6-4-9)15(18)19/h3-6,8,11H,7H2,1-2H3/t8-,11+/m1/s1. The molecule has 0 radical (unpaired) electrons. The third kappa shape index (κ3) is 2.34. The molecule has 1 aromatic carbocycles. The number of methoxy groups -OCH3 is 1. The summed E-state index contributed by atoms with van der Waals surface area (Å²) in [6, 6.07) is 5.67. The van der Waals surface area contributed by atoms with Gasteiger partial charge in [0.05, 0.1) is 12.0 Å². The molecule has 106 valence electrons. The molecule has 1 saturated heterocycles. The second kappa shape index (κ2) is 5.28. The molecule has 0 unspecified atom stereocenters. The van der Waals surface area contributed by atoms with Gasteiger partial charge in [0.2, 0.25) is 5.91 Å². The van der Waals surface area contributed by atoms with E-state index in [4.69, 9.17) is 0 Å². The van der Waals surface area contributed by atoms with Crippen molar-refractivity contribution in [2.24, 2.45) is 11.8 Å². The molecule has 2 atom stereocenters. The van der Waals surface area contributed by atoms with Gasteiger partial charge in [-0.05, 0) is 18.1 Å². The second-order valence-electron chi connectivity index (χ2n) is 4.70. The molecule has 1 aliphatic heterocycles. The fraction of sp³-hybridized carbons (Fsp3) is 0.385. The van der Waals surface area contributed by atoms with E-state index in [1.165, 1.54) is 36.3 Å². The van der Waals surface area contributed by atoms with Crippen LogP contribution < -0.4 is 4.90 Å². The van der Waals surface area contributed by atoms with Crippen LogP contribution in [-0.2, 0) is 14.3 Å². The Labute approximate surface area is 115 Å². The van der Waals surface area contributed by atoms with Gasteiger partial charge >= 0.3 is 5.97 Å². The SMILES string of the molecule is COC(=O)[C@@H]1C(=O)N(c2ccc([N+](=O)[O-])cc2)C[C@H]1C. The Hall–Kier alpha value is -2.44. The van der Waals surface area contributed by atoms with E-state index in [1.807, 2.05) is 0 Å². The van der Waals surface area contributed by atoms with Crippen LogP contribution in [0.5, 0.6) is 0 Å². The molecule has 0 aromatic heterocycles. The summed E-state index contributed by atoms with van der Waals surface area (Å²) in [5.74, 6) is -1.86. The fourth-order valence-corrected chi connectivity index (χ4v) is 2.34. The van der Waals surface area contributed by atoms with E-state index in [0.29, 0.717) is 12.2 Å². The lowest BCUT2D eigenvalue weighted by molar-refractivity contribution is -0.384. The minimum Gasteiger partial charge on any atom is -0.468 e. The first-order chi connectivity index (χ1) is 9.45. The number of esters is 1. The lowest BCUT2D eigenvalue weighted by Gasteiger charge is -2.16. The van der Waals surface area contributed by atoms with E-state index in [2.05, 4.69) is 4.74 Å². The maximum absolute atomic E-state index is 12.2. The van der Waals surface area contributed by atoms with Gasteiger partial charge in [0.15, 0.2) is 0 Å². The monoisotopic (exact) mass is 278 g/mol. The highest BCUT2D eigenvalue weighted by Crippen LogP contribution is 2.31. The van der Waals surface area contributed by atoms with E-state index >= 15 is 0 Å². The number of hydrogen-bond acceptors (Lipinski definition) is 5. The summed E-state index contributed by atoms with van der Waals surface area (Å²) in [5, 5.41) is 10.6. The van der Waals surface area contributed by atoms with Crippen molar-refractivity contribution in [1.29, 1.82) is 0 Å². The van der Waals surface area contributed by atoms with Crippen LogP contribution in [0.2, 0.25) is 0 Å². The Morgan fingerprint density at radius 1 is 1.40 bits per heavy atom. The van der Waals surface area contributed by atoms with Crippen LogP contribution >= 0.6 is 0 Å². The zero-order valence-electron chi connectivity index (χ0n) is 11.1. The summed E-state index contributed by atoms with van der Waals surface area (Å²) in [5.41, 5.74) is 0.497. The highest BCUT2D eigenvalue weighted by atomic mass is 16.6. The molecular weight excluding hydrogens is 264 g/mol. The number of anilines is 1. The molecule has 0 N–H and O–H groups in total. The van der Waals surface area contributed by atoms with Crippen molar-refractivity contribution < 1.29 is 19.2 Å². The van der Waals surface area contributed by atoms with Gasteiger partial charge in [0.25, 0.3) is 5.69 Å². The van der Waals surface area contributed by atoms with Crippen molar-refractivity contribution in [3.63, 3.8) is 0 Å². The fourth-order valence-electron chi connectivity index (χ4n) is 2.34. The molecule has 0 bridgehead atoms. The topological polar surface area (TPSA) is 89.8 Å². The number of ether oxygens (including phenoxy) is 1. The lowest BCUT2D eigenvalue weighted by atomic mass is 9.98. The van der Waals surface area contributed by atoms with Crippen molar-refractivity contribution in [2.75, 3.05) is 18.6 Å². The summed E-state index contributed by atoms with van der Waals surface area (Å²) < 4.78 is 4.63. The third-order valence-electron chi connectivity index (χ3n) is 3.40. The number of benzene rings is 1. The van der Waals surface area contributed by atoms with E-state index in [1.54, 1.807) is 6.92 Å². The maximum Gasteiger partial charge on any atom is 0.318 e. The van der Waals surface area contributed by atoms with E-state index in [-0.39, 0.29) is 17.5 Å². The summed E-state index contributed by atoms with van der Waals surface area (Å²) >= 11 is 0. The molecule has 0 spiro atoms. The molecule has 1 heterocycles. The highest BCUT2D eigenvalue weighted by Gasteiger charge is 2.43. The minimum absolute atomic E-state index is 0.0436. The van der Waals surface area contributed by atoms with Crippen LogP contribution in [-0.4, -0.2) is 30.5 Å². The van der Waals surface area contributed by atoms with Gasteiger partial charge in [-0.1, -0.05) is 6.92 Å². The van der Waals surface area contributed by atoms with Gasteiger partial charge in [0.1, 0.15) is 5.92 Å². The molecule has 7 nitrogen and oxygen atoms in total. The predicted octanol–water partition coefficient (Wildman–Crippen LogP) is 1.37. The summed E-state index contributed by atoms with van der Waals surface area (Å²) in [6.45, 7) is 2.18. The molecule has 0 saturated carbocycles. The van der Waals surface area contributed by atoms with Gasteiger partial charge in [-0.2, -0.15) is 0 Å². The van der Waals surface area contributed by atoms with Crippen molar-refractivity contribution in [3.8, 4) is 0 Å². The van der Waals surface area contributed by atoms with E-state index < -0.39 is 16.8 Å². The average molecular weight is 278 g/mol. The van der Waals surface area contributed by atoms with Gasteiger partial charge in [-0.3, -0.25) is 19.7 Å². The zero-order chi connectivity index (χ0) is 14.9. The maximum atomic E-state index is 12.2. The van der Waals surface area contributed by atoms with Gasteiger partial charge in [-0.25, -0.2) is 0 Å². The zero-order valence-corrected chi connectivity index (χ0v) is 11.1. The van der Waals surface area contributed by atoms with Crippen LogP contribution in [0, 0.1) is 22.0 Å². The van der Waals surface area contributed by atoms with Crippen LogP contribution in [0.1, 0.15) is 6.92 Å². The number of carbonyl (C=O) groups excluding carboxylic acids is 2. The van der Waals surface area contributed by atoms with Crippen LogP contribution in [0.15, 0.2) is 24.3 Å². The van der Waals surface area contributed by atoms with Crippen molar-refractivity contribution in [1.82, 2.24) is 0 Å². The number of carbonyl (C=O) groups is 2. The van der Waals surface area contributed by atoms with E-state index in [0.717, 1.165) is 0 Å². The Bertz CT molecular complexity index is 554. The number of nitro benzene ring substituents is 1. The van der Waals surface area contributed by atoms with Gasteiger partial charge in [0, 0.05) is 24.4 Å². The first-order valence-electron chi connectivity index (χ1n) is 6.09. The Kier molecular flexibility index (Phi) is 3.69.